The average molecular weight is 526 g/mol. The highest BCUT2D eigenvalue weighted by molar-refractivity contribution is 7.13. The molecule has 1 aromatic heterocycles. The van der Waals surface area contributed by atoms with Gasteiger partial charge in [-0.05, 0) is 83.1 Å². The van der Waals surface area contributed by atoms with Crippen molar-refractivity contribution in [2.45, 2.75) is 71.1 Å². The fourth-order valence-corrected chi connectivity index (χ4v) is 6.96. The van der Waals surface area contributed by atoms with Crippen LogP contribution in [0.2, 0.25) is 5.02 Å². The first-order valence-corrected chi connectivity index (χ1v) is 13.9. The Morgan fingerprint density at radius 3 is 2.61 bits per heavy atom. The van der Waals surface area contributed by atoms with E-state index in [1.54, 1.807) is 0 Å². The first kappa shape index (κ1) is 25.2. The maximum Gasteiger partial charge on any atom is 0.230 e. The molecule has 0 spiro atoms. The number of hydrogen-bond acceptors (Lipinski definition) is 6. The standard InChI is InChI=1S/C28H32ClN3O3S/c1-4-22(28-24(30-3)15-21(36-28)16-32-25(33)8-9-26(32)34)23-13-18(29)12-17(2)27(23)35-20-7-6-19(14-20)31-10-5-11-31/h4,12-13,15,19-20H,3,5-11,14,16H2,1-2H3/b22-4-/t19-,20-/m0/s1. The molecule has 0 unspecified atom stereocenters. The molecule has 36 heavy (non-hydrogen) atoms. The minimum absolute atomic E-state index is 0.122. The Bertz CT molecular complexity index is 1220. The first-order valence-electron chi connectivity index (χ1n) is 12.7. The molecule has 6 nitrogen and oxygen atoms in total. The Balaban J connectivity index is 1.45. The van der Waals surface area contributed by atoms with Gasteiger partial charge in [0.2, 0.25) is 11.8 Å². The molecule has 5 rings (SSSR count). The summed E-state index contributed by atoms with van der Waals surface area (Å²) in [6.45, 7) is 10.5. The molecule has 190 valence electrons. The van der Waals surface area contributed by atoms with Crippen LogP contribution < -0.4 is 4.74 Å². The van der Waals surface area contributed by atoms with E-state index in [9.17, 15) is 9.59 Å². The number of amides is 2. The van der Waals surface area contributed by atoms with E-state index in [0.717, 1.165) is 50.7 Å². The van der Waals surface area contributed by atoms with Crippen LogP contribution >= 0.6 is 22.9 Å². The monoisotopic (exact) mass is 525 g/mol. The molecule has 3 aliphatic rings. The zero-order chi connectivity index (χ0) is 25.4. The Morgan fingerprint density at radius 2 is 1.97 bits per heavy atom. The lowest BCUT2D eigenvalue weighted by Crippen LogP contribution is -2.44. The number of ether oxygens (including phenoxy) is 1. The van der Waals surface area contributed by atoms with Gasteiger partial charge in [-0.25, -0.2) is 0 Å². The molecular weight excluding hydrogens is 494 g/mol. The van der Waals surface area contributed by atoms with Gasteiger partial charge in [0.15, 0.2) is 0 Å². The average Bonchev–Trinajstić information content (AvgIpc) is 3.51. The topological polar surface area (TPSA) is 62.2 Å². The van der Waals surface area contributed by atoms with Crippen molar-refractivity contribution >= 4 is 52.7 Å². The Morgan fingerprint density at radius 1 is 1.22 bits per heavy atom. The van der Waals surface area contributed by atoms with Gasteiger partial charge < -0.3 is 9.64 Å². The van der Waals surface area contributed by atoms with Crippen molar-refractivity contribution in [2.75, 3.05) is 13.1 Å². The quantitative estimate of drug-likeness (QED) is 0.306. The molecule has 2 saturated heterocycles. The van der Waals surface area contributed by atoms with Crippen molar-refractivity contribution in [1.29, 1.82) is 0 Å². The van der Waals surface area contributed by atoms with Crippen LogP contribution in [0.5, 0.6) is 5.75 Å². The number of hydrogen-bond donors (Lipinski definition) is 0. The van der Waals surface area contributed by atoms with Crippen LogP contribution in [-0.2, 0) is 16.1 Å². The largest absolute Gasteiger partial charge is 0.489 e. The molecule has 1 saturated carbocycles. The first-order chi connectivity index (χ1) is 17.4. The second-order valence-corrected chi connectivity index (χ2v) is 11.4. The number of aryl methyl sites for hydroxylation is 1. The van der Waals surface area contributed by atoms with Crippen molar-refractivity contribution in [1.82, 2.24) is 9.80 Å². The molecule has 2 aromatic rings. The summed E-state index contributed by atoms with van der Waals surface area (Å²) in [5, 5.41) is 0.650. The second-order valence-electron chi connectivity index (χ2n) is 9.86. The summed E-state index contributed by atoms with van der Waals surface area (Å²) in [7, 11) is 0. The van der Waals surface area contributed by atoms with Crippen molar-refractivity contribution < 1.29 is 14.3 Å². The molecular formula is C28H32ClN3O3S. The van der Waals surface area contributed by atoms with Crippen molar-refractivity contribution in [3.63, 3.8) is 0 Å². The number of allylic oxidation sites excluding steroid dienone is 1. The number of nitrogens with zero attached hydrogens (tertiary/aromatic N) is 3. The minimum atomic E-state index is -0.122. The molecule has 0 N–H and O–H groups in total. The van der Waals surface area contributed by atoms with E-state index in [0.29, 0.717) is 11.1 Å². The summed E-state index contributed by atoms with van der Waals surface area (Å²) in [5.74, 6) is 0.615. The number of benzene rings is 1. The molecule has 2 atom stereocenters. The van der Waals surface area contributed by atoms with Gasteiger partial charge in [0.25, 0.3) is 0 Å². The number of imide groups is 1. The number of rotatable bonds is 8. The van der Waals surface area contributed by atoms with Crippen LogP contribution in [0.1, 0.15) is 66.3 Å². The van der Waals surface area contributed by atoms with Gasteiger partial charge in [-0.3, -0.25) is 19.5 Å². The van der Waals surface area contributed by atoms with Gasteiger partial charge in [0.1, 0.15) is 11.9 Å². The summed E-state index contributed by atoms with van der Waals surface area (Å²) in [6, 6.07) is 6.45. The zero-order valence-electron chi connectivity index (χ0n) is 20.9. The number of likely N-dealkylation sites (tertiary alicyclic amines) is 2. The molecule has 1 aliphatic carbocycles. The van der Waals surface area contributed by atoms with E-state index >= 15 is 0 Å². The van der Waals surface area contributed by atoms with Crippen molar-refractivity contribution in [2.24, 2.45) is 4.99 Å². The summed E-state index contributed by atoms with van der Waals surface area (Å²) in [5.41, 5.74) is 3.62. The lowest BCUT2D eigenvalue weighted by Gasteiger charge is -2.36. The van der Waals surface area contributed by atoms with E-state index in [2.05, 4.69) is 16.6 Å². The van der Waals surface area contributed by atoms with Gasteiger partial charge in [-0.1, -0.05) is 17.7 Å². The van der Waals surface area contributed by atoms with Gasteiger partial charge in [-0.2, -0.15) is 0 Å². The van der Waals surface area contributed by atoms with E-state index < -0.39 is 0 Å². The molecule has 0 bridgehead atoms. The number of thiophene rings is 1. The Hall–Kier alpha value is -2.48. The predicted molar refractivity (Wildman–Crippen MR) is 146 cm³/mol. The van der Waals surface area contributed by atoms with Crippen LogP contribution in [-0.4, -0.2) is 53.6 Å². The summed E-state index contributed by atoms with van der Waals surface area (Å²) >= 11 is 8.07. The normalized spacial score (nSPS) is 22.9. The third kappa shape index (κ3) is 4.89. The molecule has 3 fully saturated rings. The van der Waals surface area contributed by atoms with Gasteiger partial charge in [-0.15, -0.1) is 11.3 Å². The lowest BCUT2D eigenvalue weighted by atomic mass is 9.99. The number of carbonyl (C=O) groups is 2. The minimum Gasteiger partial charge on any atom is -0.489 e. The van der Waals surface area contributed by atoms with E-state index in [-0.39, 0.29) is 37.3 Å². The van der Waals surface area contributed by atoms with Crippen LogP contribution in [0.15, 0.2) is 29.3 Å². The van der Waals surface area contributed by atoms with Gasteiger partial charge in [0, 0.05) is 39.9 Å². The third-order valence-electron chi connectivity index (χ3n) is 7.51. The molecule has 2 aliphatic heterocycles. The van der Waals surface area contributed by atoms with E-state index in [1.165, 1.54) is 42.2 Å². The maximum atomic E-state index is 12.2. The van der Waals surface area contributed by atoms with Crippen LogP contribution in [0.4, 0.5) is 5.69 Å². The van der Waals surface area contributed by atoms with E-state index in [1.807, 2.05) is 38.1 Å². The van der Waals surface area contributed by atoms with Crippen molar-refractivity contribution in [3.8, 4) is 5.75 Å². The fourth-order valence-electron chi connectivity index (χ4n) is 5.50. The molecule has 2 amide bonds. The number of halogens is 1. The van der Waals surface area contributed by atoms with Crippen LogP contribution in [0.25, 0.3) is 5.57 Å². The van der Waals surface area contributed by atoms with Crippen LogP contribution in [0, 0.1) is 6.92 Å². The van der Waals surface area contributed by atoms with Crippen LogP contribution in [0.3, 0.4) is 0 Å². The highest BCUT2D eigenvalue weighted by Gasteiger charge is 2.34. The summed E-state index contributed by atoms with van der Waals surface area (Å²) in [6.07, 6.45) is 7.37. The van der Waals surface area contributed by atoms with Gasteiger partial charge in [0.05, 0.1) is 17.1 Å². The Kier molecular flexibility index (Phi) is 7.33. The Labute approximate surface area is 221 Å². The molecule has 1 aromatic carbocycles. The van der Waals surface area contributed by atoms with Gasteiger partial charge >= 0.3 is 0 Å². The highest BCUT2D eigenvalue weighted by Crippen LogP contribution is 2.44. The third-order valence-corrected chi connectivity index (χ3v) is 8.87. The molecule has 0 radical (unpaired) electrons. The zero-order valence-corrected chi connectivity index (χ0v) is 22.5. The fraction of sp³-hybridized carbons (Fsp3) is 0.464. The predicted octanol–water partition coefficient (Wildman–Crippen LogP) is 6.15. The maximum absolute atomic E-state index is 12.2. The summed E-state index contributed by atoms with van der Waals surface area (Å²) in [4.78, 5) is 34.3. The summed E-state index contributed by atoms with van der Waals surface area (Å²) < 4.78 is 6.70. The number of carbonyl (C=O) groups excluding carboxylic acids is 2. The molecule has 8 heteroatoms. The van der Waals surface area contributed by atoms with Crippen molar-refractivity contribution in [3.05, 3.63) is 50.2 Å². The lowest BCUT2D eigenvalue weighted by molar-refractivity contribution is -0.138. The second kappa shape index (κ2) is 10.5. The van der Waals surface area contributed by atoms with E-state index in [4.69, 9.17) is 16.3 Å². The number of aliphatic imine (C=N–C) groups is 1. The highest BCUT2D eigenvalue weighted by atomic mass is 35.5. The smallest absolute Gasteiger partial charge is 0.230 e. The molecule has 3 heterocycles. The SMILES string of the molecule is C=Nc1cc(CN2C(=O)CCC2=O)sc1/C(=C\C)c1cc(Cl)cc(C)c1O[C@H]1CC[C@H](N2CCC2)C1.